The van der Waals surface area contributed by atoms with Crippen molar-refractivity contribution >= 4 is 27.3 Å². The molecule has 0 saturated carbocycles. The molecule has 1 N–H and O–H groups in total. The van der Waals surface area contributed by atoms with Crippen molar-refractivity contribution in [3.8, 4) is 27.8 Å². The van der Waals surface area contributed by atoms with Crippen molar-refractivity contribution in [2.45, 2.75) is 13.3 Å². The summed E-state index contributed by atoms with van der Waals surface area (Å²) in [7, 11) is 0. The minimum Gasteiger partial charge on any atom is -0.321 e. The largest absolute Gasteiger partial charge is 0.321 e. The van der Waals surface area contributed by atoms with Gasteiger partial charge in [0.1, 0.15) is 11.6 Å². The molecule has 0 spiro atoms. The van der Waals surface area contributed by atoms with Crippen molar-refractivity contribution in [1.82, 2.24) is 4.98 Å². The lowest BCUT2D eigenvalue weighted by atomic mass is 10.0. The molecule has 3 rings (SSSR count). The van der Waals surface area contributed by atoms with Crippen molar-refractivity contribution < 1.29 is 0 Å². The molecule has 0 unspecified atom stereocenters. The summed E-state index contributed by atoms with van der Waals surface area (Å²) in [4.78, 5) is 17.2. The van der Waals surface area contributed by atoms with Gasteiger partial charge in [-0.15, -0.1) is 11.3 Å². The van der Waals surface area contributed by atoms with Crippen LogP contribution in [0.1, 0.15) is 17.4 Å². The molecule has 3 nitrogen and oxygen atoms in total. The van der Waals surface area contributed by atoms with Gasteiger partial charge in [-0.25, -0.2) is 0 Å². The monoisotopic (exact) mass is 384 g/mol. The van der Waals surface area contributed by atoms with Crippen LogP contribution >= 0.6 is 27.3 Å². The number of nitriles is 1. The normalized spacial score (nSPS) is 10.5. The molecule has 23 heavy (non-hydrogen) atoms. The Hall–Kier alpha value is -2.16. The van der Waals surface area contributed by atoms with Crippen molar-refractivity contribution in [2.75, 3.05) is 0 Å². The number of thiophene rings is 1. The summed E-state index contributed by atoms with van der Waals surface area (Å²) in [5.41, 5.74) is 2.11. The van der Waals surface area contributed by atoms with Gasteiger partial charge in [-0.3, -0.25) is 4.79 Å². The van der Waals surface area contributed by atoms with Gasteiger partial charge in [-0.2, -0.15) is 5.26 Å². The molecule has 2 heterocycles. The first-order chi connectivity index (χ1) is 11.1. The summed E-state index contributed by atoms with van der Waals surface area (Å²) in [6, 6.07) is 15.5. The van der Waals surface area contributed by atoms with Gasteiger partial charge in [-0.1, -0.05) is 37.3 Å². The highest BCUT2D eigenvalue weighted by molar-refractivity contribution is 9.10. The molecule has 1 aromatic carbocycles. The number of hydrogen-bond donors (Lipinski definition) is 1. The topological polar surface area (TPSA) is 56.6 Å². The van der Waals surface area contributed by atoms with Gasteiger partial charge in [0.15, 0.2) is 0 Å². The second kappa shape index (κ2) is 6.53. The lowest BCUT2D eigenvalue weighted by Crippen LogP contribution is -2.12. The first-order valence-electron chi connectivity index (χ1n) is 7.15. The van der Waals surface area contributed by atoms with Crippen molar-refractivity contribution in [2.24, 2.45) is 0 Å². The minimum atomic E-state index is -0.355. The standard InChI is InChI=1S/C18H13BrN2OS/c1-2-16-14(19)9-17(23-16)12-8-15(11-6-4-3-5-7-11)21-18(22)13(12)10-20/h3-9H,2H2,1H3,(H,21,22). The second-order valence-corrected chi connectivity index (χ2v) is 7.01. The number of rotatable bonds is 3. The fourth-order valence-corrected chi connectivity index (χ4v) is 4.34. The zero-order valence-electron chi connectivity index (χ0n) is 12.4. The number of aryl methyl sites for hydroxylation is 1. The first kappa shape index (κ1) is 15.7. The van der Waals surface area contributed by atoms with Crippen molar-refractivity contribution in [1.29, 1.82) is 5.26 Å². The predicted octanol–water partition coefficient (Wildman–Crippen LogP) is 4.97. The van der Waals surface area contributed by atoms with Crippen LogP contribution in [0, 0.1) is 11.3 Å². The maximum atomic E-state index is 12.3. The molecule has 0 aliphatic rings. The lowest BCUT2D eigenvalue weighted by molar-refractivity contribution is 1.18. The van der Waals surface area contributed by atoms with E-state index in [0.717, 1.165) is 21.3 Å². The number of benzene rings is 1. The number of nitrogens with one attached hydrogen (secondary N) is 1. The Balaban J connectivity index is 2.24. The SMILES string of the molecule is CCc1sc(-c2cc(-c3ccccc3)[nH]c(=O)c2C#N)cc1Br. The van der Waals surface area contributed by atoms with E-state index in [9.17, 15) is 10.1 Å². The van der Waals surface area contributed by atoms with Crippen molar-refractivity contribution in [3.63, 3.8) is 0 Å². The molecule has 0 aliphatic heterocycles. The van der Waals surface area contributed by atoms with E-state index in [0.29, 0.717) is 11.3 Å². The van der Waals surface area contributed by atoms with Crippen LogP contribution in [0.5, 0.6) is 0 Å². The Morgan fingerprint density at radius 1 is 1.26 bits per heavy atom. The van der Waals surface area contributed by atoms with Gasteiger partial charge in [0.05, 0.1) is 0 Å². The van der Waals surface area contributed by atoms with E-state index in [1.165, 1.54) is 4.88 Å². The maximum Gasteiger partial charge on any atom is 0.267 e. The molecule has 5 heteroatoms. The average molecular weight is 385 g/mol. The number of hydrogen-bond acceptors (Lipinski definition) is 3. The van der Waals surface area contributed by atoms with E-state index in [1.54, 1.807) is 11.3 Å². The third-order valence-electron chi connectivity index (χ3n) is 3.57. The zero-order chi connectivity index (χ0) is 16.4. The predicted molar refractivity (Wildman–Crippen MR) is 97.6 cm³/mol. The van der Waals surface area contributed by atoms with Gasteiger partial charge in [0.2, 0.25) is 0 Å². The Morgan fingerprint density at radius 2 is 2.00 bits per heavy atom. The van der Waals surface area contributed by atoms with E-state index < -0.39 is 0 Å². The third-order valence-corrected chi connectivity index (χ3v) is 5.86. The first-order valence-corrected chi connectivity index (χ1v) is 8.76. The summed E-state index contributed by atoms with van der Waals surface area (Å²) in [5, 5.41) is 9.38. The van der Waals surface area contributed by atoms with Crippen LogP contribution in [-0.4, -0.2) is 4.98 Å². The Kier molecular flexibility index (Phi) is 4.46. The number of nitrogens with zero attached hydrogens (tertiary/aromatic N) is 1. The number of pyridine rings is 1. The fraction of sp³-hybridized carbons (Fsp3) is 0.111. The van der Waals surface area contributed by atoms with Crippen LogP contribution in [0.15, 0.2) is 51.7 Å². The average Bonchev–Trinajstić information content (AvgIpc) is 2.95. The molecule has 114 valence electrons. The van der Waals surface area contributed by atoms with Gasteiger partial charge in [-0.05, 0) is 40.0 Å². The highest BCUT2D eigenvalue weighted by Gasteiger charge is 2.15. The minimum absolute atomic E-state index is 0.154. The van der Waals surface area contributed by atoms with Crippen LogP contribution in [0.2, 0.25) is 0 Å². The van der Waals surface area contributed by atoms with Crippen LogP contribution in [0.3, 0.4) is 0 Å². The van der Waals surface area contributed by atoms with Crippen LogP contribution in [-0.2, 0) is 6.42 Å². The summed E-state index contributed by atoms with van der Waals surface area (Å²) in [5.74, 6) is 0. The Labute approximate surface area is 146 Å². The number of H-pyrrole nitrogens is 1. The van der Waals surface area contributed by atoms with Crippen LogP contribution in [0.25, 0.3) is 21.7 Å². The molecule has 3 aromatic rings. The number of aromatic amines is 1. The summed E-state index contributed by atoms with van der Waals surface area (Å²) in [6.45, 7) is 2.08. The fourth-order valence-electron chi connectivity index (χ4n) is 2.42. The maximum absolute atomic E-state index is 12.3. The molecule has 0 atom stereocenters. The number of aromatic nitrogens is 1. The summed E-state index contributed by atoms with van der Waals surface area (Å²) in [6.07, 6.45) is 0.905. The lowest BCUT2D eigenvalue weighted by Gasteiger charge is -2.06. The van der Waals surface area contributed by atoms with Crippen molar-refractivity contribution in [3.05, 3.63) is 67.7 Å². The molecule has 0 amide bonds. The molecular formula is C18H13BrN2OS. The second-order valence-electron chi connectivity index (χ2n) is 5.01. The van der Waals surface area contributed by atoms with E-state index in [2.05, 4.69) is 27.8 Å². The highest BCUT2D eigenvalue weighted by atomic mass is 79.9. The molecular weight excluding hydrogens is 372 g/mol. The van der Waals surface area contributed by atoms with E-state index in [-0.39, 0.29) is 11.1 Å². The zero-order valence-corrected chi connectivity index (χ0v) is 14.8. The molecule has 0 radical (unpaired) electrons. The summed E-state index contributed by atoms with van der Waals surface area (Å²) < 4.78 is 1.02. The molecule has 0 aliphatic carbocycles. The van der Waals surface area contributed by atoms with Gasteiger partial charge >= 0.3 is 0 Å². The van der Waals surface area contributed by atoms with E-state index in [1.807, 2.05) is 48.5 Å². The van der Waals surface area contributed by atoms with E-state index in [4.69, 9.17) is 0 Å². The quantitative estimate of drug-likeness (QED) is 0.692. The molecule has 0 bridgehead atoms. The van der Waals surface area contributed by atoms with Crippen LogP contribution in [0.4, 0.5) is 0 Å². The Morgan fingerprint density at radius 3 is 2.61 bits per heavy atom. The highest BCUT2D eigenvalue weighted by Crippen LogP contribution is 2.36. The van der Waals surface area contributed by atoms with E-state index >= 15 is 0 Å². The number of halogens is 1. The van der Waals surface area contributed by atoms with Gasteiger partial charge < -0.3 is 4.98 Å². The van der Waals surface area contributed by atoms with Gasteiger partial charge in [0, 0.05) is 25.5 Å². The molecule has 0 saturated heterocycles. The van der Waals surface area contributed by atoms with Crippen LogP contribution < -0.4 is 5.56 Å². The van der Waals surface area contributed by atoms with Gasteiger partial charge in [0.25, 0.3) is 5.56 Å². The Bertz CT molecular complexity index is 951. The molecule has 2 aromatic heterocycles. The third kappa shape index (κ3) is 3.00. The smallest absolute Gasteiger partial charge is 0.267 e. The molecule has 0 fully saturated rings. The summed E-state index contributed by atoms with van der Waals surface area (Å²) >= 11 is 5.15.